The van der Waals surface area contributed by atoms with Crippen molar-refractivity contribution in [2.24, 2.45) is 0 Å². The molecule has 0 bridgehead atoms. The molecule has 1 N–H and O–H groups in total. The lowest BCUT2D eigenvalue weighted by atomic mass is 10.1. The van der Waals surface area contributed by atoms with Crippen LogP contribution in [0.1, 0.15) is 18.2 Å². The van der Waals surface area contributed by atoms with Gasteiger partial charge in [0.05, 0.1) is 16.9 Å². The Balaban J connectivity index is 1.85. The van der Waals surface area contributed by atoms with E-state index in [-0.39, 0.29) is 22.2 Å². The summed E-state index contributed by atoms with van der Waals surface area (Å²) in [6.07, 6.45) is -3.48. The van der Waals surface area contributed by atoms with Crippen LogP contribution >= 0.6 is 11.3 Å². The molecule has 0 saturated carbocycles. The van der Waals surface area contributed by atoms with Gasteiger partial charge in [-0.1, -0.05) is 18.2 Å². The molecule has 0 unspecified atom stereocenters. The summed E-state index contributed by atoms with van der Waals surface area (Å²) in [5, 5.41) is 13.1. The molecule has 1 aromatic heterocycles. The van der Waals surface area contributed by atoms with Crippen molar-refractivity contribution in [2.45, 2.75) is 13.1 Å². The molecule has 2 amide bonds. The van der Waals surface area contributed by atoms with Crippen molar-refractivity contribution >= 4 is 45.7 Å². The molecule has 168 valence electrons. The third-order valence-electron chi connectivity index (χ3n) is 4.21. The number of hydrogen-bond acceptors (Lipinski definition) is 5. The van der Waals surface area contributed by atoms with E-state index < -0.39 is 34.9 Å². The first kappa shape index (κ1) is 23.6. The predicted molar refractivity (Wildman–Crippen MR) is 115 cm³/mol. The van der Waals surface area contributed by atoms with Crippen LogP contribution < -0.4 is 10.2 Å². The Hall–Kier alpha value is -4.04. The Morgan fingerprint density at radius 2 is 1.91 bits per heavy atom. The number of aromatic nitrogens is 1. The monoisotopic (exact) mass is 474 g/mol. The molecule has 3 rings (SSSR count). The number of carbonyl (C=O) groups is 2. The number of hydrogen-bond donors (Lipinski definition) is 1. The summed E-state index contributed by atoms with van der Waals surface area (Å²) in [5.41, 5.74) is -1.41. The van der Waals surface area contributed by atoms with Crippen molar-refractivity contribution in [3.63, 3.8) is 0 Å². The maximum atomic E-state index is 14.2. The van der Waals surface area contributed by atoms with E-state index in [0.29, 0.717) is 0 Å². The second kappa shape index (κ2) is 9.62. The molecule has 0 saturated heterocycles. The van der Waals surface area contributed by atoms with Gasteiger partial charge in [0, 0.05) is 18.0 Å². The highest BCUT2D eigenvalue weighted by atomic mass is 32.1. The minimum atomic E-state index is -4.59. The highest BCUT2D eigenvalue weighted by Crippen LogP contribution is 2.32. The van der Waals surface area contributed by atoms with E-state index in [0.717, 1.165) is 40.5 Å². The van der Waals surface area contributed by atoms with Crippen LogP contribution in [0, 0.1) is 17.1 Å². The molecule has 2 aromatic carbocycles. The van der Waals surface area contributed by atoms with Crippen LogP contribution in [0.4, 0.5) is 34.1 Å². The topological polar surface area (TPSA) is 86.1 Å². The number of amides is 2. The van der Waals surface area contributed by atoms with Crippen molar-refractivity contribution in [3.05, 3.63) is 76.6 Å². The van der Waals surface area contributed by atoms with Gasteiger partial charge < -0.3 is 5.32 Å². The van der Waals surface area contributed by atoms with Crippen molar-refractivity contribution in [1.82, 2.24) is 4.98 Å². The van der Waals surface area contributed by atoms with Gasteiger partial charge in [-0.05, 0) is 36.4 Å². The largest absolute Gasteiger partial charge is 0.416 e. The molecular weight excluding hydrogens is 460 g/mol. The molecule has 0 atom stereocenters. The highest BCUT2D eigenvalue weighted by molar-refractivity contribution is 7.14. The number of nitrogens with zero attached hydrogens (tertiary/aromatic N) is 3. The minimum Gasteiger partial charge on any atom is -0.321 e. The van der Waals surface area contributed by atoms with Gasteiger partial charge in [-0.25, -0.2) is 9.37 Å². The number of nitriles is 1. The first-order chi connectivity index (χ1) is 15.6. The lowest BCUT2D eigenvalue weighted by molar-refractivity contribution is -0.137. The van der Waals surface area contributed by atoms with Crippen LogP contribution in [0.2, 0.25) is 0 Å². The summed E-state index contributed by atoms with van der Waals surface area (Å²) in [7, 11) is 0. The first-order valence-electron chi connectivity index (χ1n) is 9.21. The summed E-state index contributed by atoms with van der Waals surface area (Å²) < 4.78 is 52.7. The highest BCUT2D eigenvalue weighted by Gasteiger charge is 2.30. The number of anilines is 3. The number of thiazole rings is 1. The van der Waals surface area contributed by atoms with Gasteiger partial charge in [-0.3, -0.25) is 14.5 Å². The number of benzene rings is 2. The number of alkyl halides is 3. The maximum Gasteiger partial charge on any atom is 0.416 e. The number of para-hydroxylation sites is 1. The zero-order valence-electron chi connectivity index (χ0n) is 16.9. The van der Waals surface area contributed by atoms with Gasteiger partial charge in [-0.2, -0.15) is 18.4 Å². The SMILES string of the molecule is CC(=O)N(c1nc(/C=C(\C#N)C(=O)Nc2cccc(C(F)(F)F)c2)cs1)c1ccccc1F. The van der Waals surface area contributed by atoms with E-state index in [1.165, 1.54) is 36.6 Å². The molecule has 0 fully saturated rings. The van der Waals surface area contributed by atoms with Crippen LogP contribution in [-0.2, 0) is 15.8 Å². The fraction of sp³-hybridized carbons (Fsp3) is 0.0909. The van der Waals surface area contributed by atoms with Gasteiger partial charge in [-0.15, -0.1) is 11.3 Å². The Morgan fingerprint density at radius 3 is 2.55 bits per heavy atom. The Morgan fingerprint density at radius 1 is 1.18 bits per heavy atom. The molecule has 0 radical (unpaired) electrons. The van der Waals surface area contributed by atoms with Crippen molar-refractivity contribution < 1.29 is 27.2 Å². The Kier molecular flexibility index (Phi) is 6.89. The van der Waals surface area contributed by atoms with Crippen LogP contribution in [-0.4, -0.2) is 16.8 Å². The summed E-state index contributed by atoms with van der Waals surface area (Å²) in [6, 6.07) is 11.2. The predicted octanol–water partition coefficient (Wildman–Crippen LogP) is 5.53. The standard InChI is InChI=1S/C22H14F4N4O2S/c1-13(31)30(19-8-3-2-7-18(19)23)21-29-17(12-33-21)9-14(11-27)20(32)28-16-6-4-5-15(10-16)22(24,25)26/h2-10,12H,1H3,(H,28,32)/b14-9+. The zero-order valence-corrected chi connectivity index (χ0v) is 17.7. The second-order valence-electron chi connectivity index (χ2n) is 6.56. The van der Waals surface area contributed by atoms with E-state index >= 15 is 0 Å². The third kappa shape index (κ3) is 5.61. The van der Waals surface area contributed by atoms with E-state index in [2.05, 4.69) is 10.3 Å². The van der Waals surface area contributed by atoms with E-state index in [9.17, 15) is 32.4 Å². The van der Waals surface area contributed by atoms with Gasteiger partial charge in [0.25, 0.3) is 5.91 Å². The molecular formula is C22H14F4N4O2S. The maximum absolute atomic E-state index is 14.2. The Labute approximate surface area is 189 Å². The van der Waals surface area contributed by atoms with E-state index in [1.807, 2.05) is 0 Å². The number of nitrogens with one attached hydrogen (secondary N) is 1. The van der Waals surface area contributed by atoms with Gasteiger partial charge >= 0.3 is 6.18 Å². The average molecular weight is 474 g/mol. The quantitative estimate of drug-likeness (QED) is 0.299. The lowest BCUT2D eigenvalue weighted by Crippen LogP contribution is -2.23. The van der Waals surface area contributed by atoms with Crippen molar-refractivity contribution in [2.75, 3.05) is 10.2 Å². The Bertz CT molecular complexity index is 1280. The molecule has 33 heavy (non-hydrogen) atoms. The smallest absolute Gasteiger partial charge is 0.321 e. The summed E-state index contributed by atoms with van der Waals surface area (Å²) >= 11 is 0.979. The molecule has 0 aliphatic rings. The number of rotatable bonds is 5. The second-order valence-corrected chi connectivity index (χ2v) is 7.40. The van der Waals surface area contributed by atoms with Crippen LogP contribution in [0.3, 0.4) is 0 Å². The summed E-state index contributed by atoms with van der Waals surface area (Å²) in [4.78, 5) is 29.7. The summed E-state index contributed by atoms with van der Waals surface area (Å²) in [5.74, 6) is -2.09. The molecule has 6 nitrogen and oxygen atoms in total. The molecule has 1 heterocycles. The van der Waals surface area contributed by atoms with Crippen molar-refractivity contribution in [3.8, 4) is 6.07 Å². The molecule has 0 spiro atoms. The normalized spacial score (nSPS) is 11.6. The first-order valence-corrected chi connectivity index (χ1v) is 10.1. The summed E-state index contributed by atoms with van der Waals surface area (Å²) in [6.45, 7) is 1.23. The van der Waals surface area contributed by atoms with Crippen LogP contribution in [0.15, 0.2) is 59.5 Å². The molecule has 11 heteroatoms. The lowest BCUT2D eigenvalue weighted by Gasteiger charge is -2.18. The minimum absolute atomic E-state index is 0.0160. The molecule has 3 aromatic rings. The van der Waals surface area contributed by atoms with E-state index in [1.54, 1.807) is 12.1 Å². The fourth-order valence-electron chi connectivity index (χ4n) is 2.75. The molecule has 0 aliphatic carbocycles. The van der Waals surface area contributed by atoms with Gasteiger partial charge in [0.1, 0.15) is 17.5 Å². The average Bonchev–Trinajstić information content (AvgIpc) is 3.21. The van der Waals surface area contributed by atoms with Crippen LogP contribution in [0.5, 0.6) is 0 Å². The van der Waals surface area contributed by atoms with Crippen molar-refractivity contribution in [1.29, 1.82) is 5.26 Å². The fourth-order valence-corrected chi connectivity index (χ4v) is 3.59. The van der Waals surface area contributed by atoms with Crippen LogP contribution in [0.25, 0.3) is 6.08 Å². The number of halogens is 4. The zero-order chi connectivity index (χ0) is 24.2. The number of carbonyl (C=O) groups excluding carboxylic acids is 2. The van der Waals surface area contributed by atoms with Gasteiger partial charge in [0.15, 0.2) is 5.13 Å². The third-order valence-corrected chi connectivity index (χ3v) is 5.06. The van der Waals surface area contributed by atoms with E-state index in [4.69, 9.17) is 0 Å². The van der Waals surface area contributed by atoms with Gasteiger partial charge in [0.2, 0.25) is 5.91 Å². The molecule has 0 aliphatic heterocycles.